The SMILES string of the molecule is NC(=O)c1cccc2c(C3NC4=C(CC=CC=N4)C(NCc4ccccc4)N3)scc12. The van der Waals surface area contributed by atoms with Crippen molar-refractivity contribution in [1.29, 1.82) is 0 Å². The van der Waals surface area contributed by atoms with E-state index in [9.17, 15) is 4.79 Å². The molecule has 2 atom stereocenters. The van der Waals surface area contributed by atoms with Gasteiger partial charge in [0.1, 0.15) is 12.0 Å². The van der Waals surface area contributed by atoms with Gasteiger partial charge in [-0.05, 0) is 34.9 Å². The Balaban J connectivity index is 1.48. The van der Waals surface area contributed by atoms with Gasteiger partial charge in [-0.2, -0.15) is 0 Å². The molecule has 2 aliphatic rings. The lowest BCUT2D eigenvalue weighted by Crippen LogP contribution is -2.53. The molecule has 156 valence electrons. The molecule has 0 fully saturated rings. The highest BCUT2D eigenvalue weighted by Crippen LogP contribution is 2.35. The number of carbonyl (C=O) groups is 1. The average molecular weight is 430 g/mol. The van der Waals surface area contributed by atoms with Gasteiger partial charge in [-0.15, -0.1) is 11.3 Å². The van der Waals surface area contributed by atoms with Crippen molar-refractivity contribution in [2.45, 2.75) is 25.3 Å². The van der Waals surface area contributed by atoms with Crippen molar-refractivity contribution in [3.8, 4) is 0 Å². The number of benzene rings is 2. The van der Waals surface area contributed by atoms with E-state index < -0.39 is 5.91 Å². The lowest BCUT2D eigenvalue weighted by molar-refractivity contribution is 0.100. The number of primary amides is 1. The van der Waals surface area contributed by atoms with Crippen LogP contribution in [0.25, 0.3) is 10.8 Å². The molecule has 2 unspecified atom stereocenters. The third-order valence-electron chi connectivity index (χ3n) is 5.59. The van der Waals surface area contributed by atoms with Crippen LogP contribution in [0.4, 0.5) is 0 Å². The van der Waals surface area contributed by atoms with Gasteiger partial charge >= 0.3 is 0 Å². The third-order valence-corrected chi connectivity index (χ3v) is 6.65. The van der Waals surface area contributed by atoms with Crippen molar-refractivity contribution in [2.75, 3.05) is 0 Å². The summed E-state index contributed by atoms with van der Waals surface area (Å²) in [5, 5.41) is 14.8. The monoisotopic (exact) mass is 429 g/mol. The highest BCUT2D eigenvalue weighted by molar-refractivity contribution is 7.11. The lowest BCUT2D eigenvalue weighted by atomic mass is 10.0. The molecular formula is C24H23N5OS. The van der Waals surface area contributed by atoms with Crippen molar-refractivity contribution in [2.24, 2.45) is 10.7 Å². The summed E-state index contributed by atoms with van der Waals surface area (Å²) in [5.41, 5.74) is 8.53. The van der Waals surface area contributed by atoms with Crippen LogP contribution in [0.1, 0.15) is 33.4 Å². The molecule has 1 amide bonds. The molecule has 3 heterocycles. The predicted molar refractivity (Wildman–Crippen MR) is 126 cm³/mol. The average Bonchev–Trinajstić information content (AvgIpc) is 3.08. The van der Waals surface area contributed by atoms with Gasteiger partial charge in [0.25, 0.3) is 0 Å². The second-order valence-electron chi connectivity index (χ2n) is 7.56. The molecule has 0 bridgehead atoms. The topological polar surface area (TPSA) is 91.5 Å². The van der Waals surface area contributed by atoms with E-state index in [0.29, 0.717) is 5.56 Å². The van der Waals surface area contributed by atoms with Crippen LogP contribution in [0, 0.1) is 0 Å². The molecule has 2 aliphatic heterocycles. The zero-order valence-corrected chi connectivity index (χ0v) is 17.7. The Bertz CT molecular complexity index is 1210. The molecule has 5 rings (SSSR count). The number of fused-ring (bicyclic) bond motifs is 1. The molecule has 2 aromatic carbocycles. The quantitative estimate of drug-likeness (QED) is 0.499. The van der Waals surface area contributed by atoms with Gasteiger partial charge in [0.05, 0.1) is 6.17 Å². The number of nitrogens with zero attached hydrogens (tertiary/aromatic N) is 1. The standard InChI is InChI=1S/C24H23N5OS/c25-21(30)17-11-6-10-16-19(17)14-31-20(16)24-28-22-18(9-4-5-12-26-22)23(29-24)27-13-15-7-2-1-3-8-15/h1-8,10-12,14,23-24,27-29H,9,13H2,(H2,25,30). The summed E-state index contributed by atoms with van der Waals surface area (Å²) >= 11 is 1.61. The second kappa shape index (κ2) is 8.47. The fourth-order valence-electron chi connectivity index (χ4n) is 4.05. The first kappa shape index (κ1) is 19.7. The maximum atomic E-state index is 11.9. The van der Waals surface area contributed by atoms with Gasteiger partial charge in [-0.3, -0.25) is 15.4 Å². The summed E-state index contributed by atoms with van der Waals surface area (Å²) in [4.78, 5) is 17.6. The van der Waals surface area contributed by atoms with Gasteiger partial charge in [0.15, 0.2) is 0 Å². The first-order valence-electron chi connectivity index (χ1n) is 10.2. The molecule has 0 aliphatic carbocycles. The van der Waals surface area contributed by atoms with E-state index >= 15 is 0 Å². The Kier molecular flexibility index (Phi) is 5.38. The molecule has 31 heavy (non-hydrogen) atoms. The molecular weight excluding hydrogens is 406 g/mol. The maximum Gasteiger partial charge on any atom is 0.249 e. The highest BCUT2D eigenvalue weighted by atomic mass is 32.1. The van der Waals surface area contributed by atoms with E-state index in [1.807, 2.05) is 48.0 Å². The van der Waals surface area contributed by atoms with E-state index in [2.05, 4.69) is 39.2 Å². The number of hydrogen-bond acceptors (Lipinski definition) is 6. The minimum Gasteiger partial charge on any atom is -0.366 e. The van der Waals surface area contributed by atoms with Gasteiger partial charge in [0, 0.05) is 34.2 Å². The van der Waals surface area contributed by atoms with E-state index in [1.54, 1.807) is 17.4 Å². The molecule has 3 aromatic rings. The number of nitrogens with two attached hydrogens (primary N) is 1. The van der Waals surface area contributed by atoms with Crippen LogP contribution in [-0.4, -0.2) is 18.3 Å². The first-order chi connectivity index (χ1) is 15.2. The van der Waals surface area contributed by atoms with Crippen molar-refractivity contribution in [1.82, 2.24) is 16.0 Å². The summed E-state index contributed by atoms with van der Waals surface area (Å²) in [7, 11) is 0. The Morgan fingerprint density at radius 1 is 1.16 bits per heavy atom. The van der Waals surface area contributed by atoms with Crippen molar-refractivity contribution in [3.63, 3.8) is 0 Å². The number of thiophene rings is 1. The molecule has 0 saturated heterocycles. The number of allylic oxidation sites excluding steroid dienone is 2. The number of carbonyl (C=O) groups excluding carboxylic acids is 1. The summed E-state index contributed by atoms with van der Waals surface area (Å²) in [6.07, 6.45) is 6.54. The molecule has 7 heteroatoms. The van der Waals surface area contributed by atoms with Crippen LogP contribution in [-0.2, 0) is 6.54 Å². The first-order valence-corrected chi connectivity index (χ1v) is 11.1. The predicted octanol–water partition coefficient (Wildman–Crippen LogP) is 3.55. The van der Waals surface area contributed by atoms with Gasteiger partial charge in [-0.1, -0.05) is 48.5 Å². The number of rotatable bonds is 5. The molecule has 0 spiro atoms. The van der Waals surface area contributed by atoms with Crippen LogP contribution >= 0.6 is 11.3 Å². The minimum atomic E-state index is -0.411. The normalized spacial score (nSPS) is 20.4. The minimum absolute atomic E-state index is 0.0437. The molecule has 6 nitrogen and oxygen atoms in total. The second-order valence-corrected chi connectivity index (χ2v) is 8.47. The van der Waals surface area contributed by atoms with Crippen molar-refractivity contribution in [3.05, 3.63) is 93.5 Å². The van der Waals surface area contributed by atoms with E-state index in [4.69, 9.17) is 5.73 Å². The smallest absolute Gasteiger partial charge is 0.249 e. The summed E-state index contributed by atoms with van der Waals surface area (Å²) in [6, 6.07) is 16.0. The Morgan fingerprint density at radius 2 is 2.03 bits per heavy atom. The maximum absolute atomic E-state index is 11.9. The van der Waals surface area contributed by atoms with Crippen LogP contribution in [0.3, 0.4) is 0 Å². The van der Waals surface area contributed by atoms with Crippen molar-refractivity contribution >= 4 is 34.2 Å². The summed E-state index contributed by atoms with van der Waals surface area (Å²) in [5.74, 6) is 0.471. The Labute approximate surface area is 184 Å². The lowest BCUT2D eigenvalue weighted by Gasteiger charge is -2.35. The number of hydrogen-bond donors (Lipinski definition) is 4. The van der Waals surface area contributed by atoms with E-state index in [1.165, 1.54) is 11.1 Å². The van der Waals surface area contributed by atoms with Gasteiger partial charge in [-0.25, -0.2) is 4.99 Å². The van der Waals surface area contributed by atoms with Crippen LogP contribution < -0.4 is 21.7 Å². The van der Waals surface area contributed by atoms with Crippen LogP contribution in [0.5, 0.6) is 0 Å². The zero-order chi connectivity index (χ0) is 21.2. The van der Waals surface area contributed by atoms with Crippen LogP contribution in [0.15, 0.2) is 82.4 Å². The molecule has 5 N–H and O–H groups in total. The Hall–Kier alpha value is -3.26. The van der Waals surface area contributed by atoms with E-state index in [-0.39, 0.29) is 12.3 Å². The van der Waals surface area contributed by atoms with Crippen LogP contribution in [0.2, 0.25) is 0 Å². The number of amides is 1. The molecule has 1 aromatic heterocycles. The van der Waals surface area contributed by atoms with E-state index in [0.717, 1.165) is 34.4 Å². The fraction of sp³-hybridized carbons (Fsp3) is 0.167. The molecule has 0 saturated carbocycles. The number of aliphatic imine (C=N–C) groups is 1. The Morgan fingerprint density at radius 3 is 2.87 bits per heavy atom. The highest BCUT2D eigenvalue weighted by Gasteiger charge is 2.30. The summed E-state index contributed by atoms with van der Waals surface area (Å²) in [6.45, 7) is 0.743. The zero-order valence-electron chi connectivity index (χ0n) is 16.8. The number of nitrogens with one attached hydrogen (secondary N) is 3. The fourth-order valence-corrected chi connectivity index (χ4v) is 5.12. The molecule has 0 radical (unpaired) electrons. The summed E-state index contributed by atoms with van der Waals surface area (Å²) < 4.78 is 0. The third kappa shape index (κ3) is 3.90. The largest absolute Gasteiger partial charge is 0.366 e. The van der Waals surface area contributed by atoms with Gasteiger partial charge in [0.2, 0.25) is 5.91 Å². The van der Waals surface area contributed by atoms with Gasteiger partial charge < -0.3 is 11.1 Å². The van der Waals surface area contributed by atoms with Crippen molar-refractivity contribution < 1.29 is 4.79 Å².